The number of unbranched alkanes of at least 4 members (excludes halogenated alkanes) is 1. The van der Waals surface area contributed by atoms with E-state index in [9.17, 15) is 4.79 Å². The van der Waals surface area contributed by atoms with Gasteiger partial charge in [0.1, 0.15) is 0 Å². The van der Waals surface area contributed by atoms with Crippen molar-refractivity contribution in [3.63, 3.8) is 0 Å². The van der Waals surface area contributed by atoms with E-state index in [4.69, 9.17) is 14.9 Å². The molecule has 0 saturated carbocycles. The second-order valence-electron chi connectivity index (χ2n) is 4.10. The Balaban J connectivity index is 3.55. The third-order valence-electron chi connectivity index (χ3n) is 2.58. The summed E-state index contributed by atoms with van der Waals surface area (Å²) in [7, 11) is 0. The van der Waals surface area contributed by atoms with Gasteiger partial charge in [0.15, 0.2) is 0 Å². The third-order valence-corrected chi connectivity index (χ3v) is 2.58. The van der Waals surface area contributed by atoms with Gasteiger partial charge in [0.05, 0.1) is 18.6 Å². The number of carbonyl (C=O) groups is 1. The van der Waals surface area contributed by atoms with Crippen molar-refractivity contribution >= 4 is 5.97 Å². The summed E-state index contributed by atoms with van der Waals surface area (Å²) in [5.41, 5.74) is 0. The van der Waals surface area contributed by atoms with E-state index in [0.29, 0.717) is 19.4 Å². The predicted molar refractivity (Wildman–Crippen MR) is 62.1 cm³/mol. The molecule has 0 aromatic carbocycles. The van der Waals surface area contributed by atoms with Gasteiger partial charge in [-0.25, -0.2) is 9.78 Å². The predicted octanol–water partition coefficient (Wildman–Crippen LogP) is 3.01. The van der Waals surface area contributed by atoms with Crippen molar-refractivity contribution in [2.75, 3.05) is 6.61 Å². The number of aliphatic carboxylic acids is 1. The molecule has 2 unspecified atom stereocenters. The van der Waals surface area contributed by atoms with Crippen molar-refractivity contribution in [3.05, 3.63) is 0 Å². The molecule has 0 heterocycles. The van der Waals surface area contributed by atoms with Crippen molar-refractivity contribution in [2.45, 2.75) is 59.0 Å². The van der Waals surface area contributed by atoms with Crippen LogP contribution in [0.5, 0.6) is 0 Å². The molecule has 0 fully saturated rings. The average Bonchev–Trinajstić information content (AvgIpc) is 2.25. The highest BCUT2D eigenvalue weighted by atomic mass is 17.2. The van der Waals surface area contributed by atoms with Crippen LogP contribution in [0.3, 0.4) is 0 Å². The van der Waals surface area contributed by atoms with Crippen molar-refractivity contribution in [2.24, 2.45) is 5.92 Å². The van der Waals surface area contributed by atoms with E-state index in [-0.39, 0.29) is 12.0 Å². The minimum atomic E-state index is -0.721. The van der Waals surface area contributed by atoms with Crippen LogP contribution in [-0.4, -0.2) is 23.8 Å². The molecule has 16 heavy (non-hydrogen) atoms. The molecule has 0 bridgehead atoms. The molecule has 0 radical (unpaired) electrons. The highest BCUT2D eigenvalue weighted by Crippen LogP contribution is 2.14. The number of hydrogen-bond acceptors (Lipinski definition) is 3. The van der Waals surface area contributed by atoms with Gasteiger partial charge in [-0.3, -0.25) is 4.79 Å². The summed E-state index contributed by atoms with van der Waals surface area (Å²) in [6.45, 7) is 6.49. The van der Waals surface area contributed by atoms with Crippen LogP contribution in [0, 0.1) is 5.92 Å². The van der Waals surface area contributed by atoms with Crippen molar-refractivity contribution in [1.82, 2.24) is 0 Å². The average molecular weight is 232 g/mol. The lowest BCUT2D eigenvalue weighted by Crippen LogP contribution is -2.17. The first-order valence-corrected chi connectivity index (χ1v) is 6.12. The molecule has 0 aliphatic rings. The monoisotopic (exact) mass is 232 g/mol. The van der Waals surface area contributed by atoms with E-state index in [1.165, 1.54) is 0 Å². The fourth-order valence-electron chi connectivity index (χ4n) is 1.35. The van der Waals surface area contributed by atoms with E-state index < -0.39 is 5.97 Å². The summed E-state index contributed by atoms with van der Waals surface area (Å²) >= 11 is 0. The van der Waals surface area contributed by atoms with E-state index in [2.05, 4.69) is 6.92 Å². The van der Waals surface area contributed by atoms with Gasteiger partial charge in [-0.2, -0.15) is 0 Å². The van der Waals surface area contributed by atoms with Gasteiger partial charge in [0, 0.05) is 0 Å². The van der Waals surface area contributed by atoms with Crippen LogP contribution < -0.4 is 0 Å². The fourth-order valence-corrected chi connectivity index (χ4v) is 1.35. The fraction of sp³-hybridized carbons (Fsp3) is 0.917. The van der Waals surface area contributed by atoms with E-state index in [0.717, 1.165) is 19.3 Å². The summed E-state index contributed by atoms with van der Waals surface area (Å²) in [5.74, 6) is -0.983. The molecule has 2 atom stereocenters. The maximum Gasteiger partial charge on any atom is 0.306 e. The second kappa shape index (κ2) is 9.60. The molecule has 96 valence electrons. The Labute approximate surface area is 97.9 Å². The van der Waals surface area contributed by atoms with Crippen LogP contribution in [0.15, 0.2) is 0 Å². The van der Waals surface area contributed by atoms with Gasteiger partial charge in [-0.15, -0.1) is 0 Å². The first-order valence-electron chi connectivity index (χ1n) is 6.12. The van der Waals surface area contributed by atoms with Gasteiger partial charge in [-0.1, -0.05) is 20.3 Å². The summed E-state index contributed by atoms with van der Waals surface area (Å²) in [5, 5.41) is 8.86. The van der Waals surface area contributed by atoms with Crippen LogP contribution in [0.2, 0.25) is 0 Å². The van der Waals surface area contributed by atoms with Gasteiger partial charge in [0.2, 0.25) is 0 Å². The van der Waals surface area contributed by atoms with Crippen LogP contribution in [-0.2, 0) is 14.6 Å². The lowest BCUT2D eigenvalue weighted by atomic mass is 9.99. The summed E-state index contributed by atoms with van der Waals surface area (Å²) in [6.07, 6.45) is 4.05. The Morgan fingerprint density at radius 2 is 2.00 bits per heavy atom. The summed E-state index contributed by atoms with van der Waals surface area (Å²) < 4.78 is 0. The van der Waals surface area contributed by atoms with Gasteiger partial charge in [-0.05, 0) is 32.6 Å². The highest BCUT2D eigenvalue weighted by molar-refractivity contribution is 5.69. The maximum atomic E-state index is 10.8. The van der Waals surface area contributed by atoms with E-state index in [1.54, 1.807) is 0 Å². The Kier molecular flexibility index (Phi) is 9.24. The van der Waals surface area contributed by atoms with E-state index >= 15 is 0 Å². The summed E-state index contributed by atoms with van der Waals surface area (Å²) in [4.78, 5) is 20.9. The molecule has 0 rings (SSSR count). The Morgan fingerprint density at radius 1 is 1.31 bits per heavy atom. The molecule has 0 aliphatic heterocycles. The summed E-state index contributed by atoms with van der Waals surface area (Å²) in [6, 6.07) is 0. The molecule has 0 aliphatic carbocycles. The molecule has 4 heteroatoms. The Bertz CT molecular complexity index is 182. The van der Waals surface area contributed by atoms with Crippen molar-refractivity contribution in [1.29, 1.82) is 0 Å². The van der Waals surface area contributed by atoms with Crippen molar-refractivity contribution < 1.29 is 19.7 Å². The molecular formula is C12H24O4. The first kappa shape index (κ1) is 15.4. The van der Waals surface area contributed by atoms with Gasteiger partial charge < -0.3 is 5.11 Å². The highest BCUT2D eigenvalue weighted by Gasteiger charge is 2.16. The number of carboxylic acid groups (broad SMARTS) is 1. The zero-order chi connectivity index (χ0) is 12.4. The number of carboxylic acids is 1. The molecule has 0 spiro atoms. The smallest absolute Gasteiger partial charge is 0.306 e. The number of hydrogen-bond donors (Lipinski definition) is 1. The zero-order valence-electron chi connectivity index (χ0n) is 10.6. The largest absolute Gasteiger partial charge is 0.481 e. The Morgan fingerprint density at radius 3 is 2.50 bits per heavy atom. The molecule has 1 N–H and O–H groups in total. The molecule has 4 nitrogen and oxygen atoms in total. The minimum absolute atomic E-state index is 0.0368. The van der Waals surface area contributed by atoms with Crippen LogP contribution in [0.4, 0.5) is 0 Å². The minimum Gasteiger partial charge on any atom is -0.481 e. The van der Waals surface area contributed by atoms with Crippen LogP contribution >= 0.6 is 0 Å². The zero-order valence-corrected chi connectivity index (χ0v) is 10.6. The lowest BCUT2D eigenvalue weighted by molar-refractivity contribution is -0.322. The maximum absolute atomic E-state index is 10.8. The first-order chi connectivity index (χ1) is 7.61. The lowest BCUT2D eigenvalue weighted by Gasteiger charge is -2.14. The SMILES string of the molecule is CCCCOOC(C)CCC(CC)C(=O)O. The molecule has 0 aromatic rings. The van der Waals surface area contributed by atoms with Crippen LogP contribution in [0.1, 0.15) is 52.9 Å². The van der Waals surface area contributed by atoms with Crippen molar-refractivity contribution in [3.8, 4) is 0 Å². The number of rotatable bonds is 10. The quantitative estimate of drug-likeness (QED) is 0.357. The normalized spacial score (nSPS) is 14.7. The Hall–Kier alpha value is -0.610. The molecule has 0 amide bonds. The molecule has 0 saturated heterocycles. The van der Waals surface area contributed by atoms with Gasteiger partial charge in [0.25, 0.3) is 0 Å². The standard InChI is InChI=1S/C12H24O4/c1-4-6-9-15-16-10(3)7-8-11(5-2)12(13)14/h10-11H,4-9H2,1-3H3,(H,13,14). The molecule has 0 aromatic heterocycles. The second-order valence-corrected chi connectivity index (χ2v) is 4.10. The van der Waals surface area contributed by atoms with E-state index in [1.807, 2.05) is 13.8 Å². The topological polar surface area (TPSA) is 55.8 Å². The van der Waals surface area contributed by atoms with Gasteiger partial charge >= 0.3 is 5.97 Å². The molecular weight excluding hydrogens is 208 g/mol. The van der Waals surface area contributed by atoms with Crippen LogP contribution in [0.25, 0.3) is 0 Å². The third kappa shape index (κ3) is 7.65.